The molecule has 2 aliphatic rings. The van der Waals surface area contributed by atoms with Gasteiger partial charge in [-0.25, -0.2) is 4.98 Å². The maximum atomic E-state index is 13.8. The number of hydrogen-bond donors (Lipinski definition) is 1. The van der Waals surface area contributed by atoms with Crippen molar-refractivity contribution in [2.75, 3.05) is 52.5 Å². The summed E-state index contributed by atoms with van der Waals surface area (Å²) in [7, 11) is 1.61. The van der Waals surface area contributed by atoms with Crippen LogP contribution < -0.4 is 20.6 Å². The van der Waals surface area contributed by atoms with Gasteiger partial charge in [0.15, 0.2) is 22.7 Å². The van der Waals surface area contributed by atoms with E-state index in [1.54, 1.807) is 19.5 Å². The van der Waals surface area contributed by atoms with Crippen LogP contribution in [0.5, 0.6) is 11.5 Å². The molecule has 10 heteroatoms. The minimum Gasteiger partial charge on any atom is -0.493 e. The number of anilines is 1. The summed E-state index contributed by atoms with van der Waals surface area (Å²) in [4.78, 5) is 32.1. The fourth-order valence-electron chi connectivity index (χ4n) is 6.83. The monoisotopic (exact) mass is 715 g/mol. The first-order valence-electron chi connectivity index (χ1n) is 18.1. The second kappa shape index (κ2) is 16.6. The largest absolute Gasteiger partial charge is 0.493 e. The molecule has 2 N–H and O–H groups in total. The molecule has 1 atom stereocenters. The van der Waals surface area contributed by atoms with E-state index in [9.17, 15) is 9.59 Å². The number of nitrogen functional groups attached to an aromatic ring is 1. The van der Waals surface area contributed by atoms with Gasteiger partial charge < -0.3 is 34.0 Å². The van der Waals surface area contributed by atoms with Gasteiger partial charge in [0, 0.05) is 61.5 Å². The van der Waals surface area contributed by atoms with E-state index in [2.05, 4.69) is 4.98 Å². The fraction of sp³-hybridized carbons (Fsp3) is 0.326. The van der Waals surface area contributed by atoms with Crippen LogP contribution in [-0.4, -0.2) is 68.2 Å². The molecule has 53 heavy (non-hydrogen) atoms. The van der Waals surface area contributed by atoms with Crippen LogP contribution >= 0.6 is 0 Å². The van der Waals surface area contributed by atoms with Crippen molar-refractivity contribution in [3.8, 4) is 44.9 Å². The molecule has 274 valence electrons. The zero-order valence-corrected chi connectivity index (χ0v) is 30.2. The van der Waals surface area contributed by atoms with Crippen LogP contribution in [0.1, 0.15) is 34.3 Å². The second-order valence-electron chi connectivity index (χ2n) is 13.7. The van der Waals surface area contributed by atoms with Crippen molar-refractivity contribution >= 4 is 11.6 Å². The number of aryl methyl sites for hydroxylation is 1. The highest BCUT2D eigenvalue weighted by molar-refractivity contribution is 5.98. The Morgan fingerprint density at radius 1 is 0.849 bits per heavy atom. The molecule has 0 spiro atoms. The Morgan fingerprint density at radius 2 is 1.58 bits per heavy atom. The minimum absolute atomic E-state index is 0.0893. The van der Waals surface area contributed by atoms with E-state index in [4.69, 9.17) is 29.4 Å². The molecule has 0 aliphatic carbocycles. The van der Waals surface area contributed by atoms with Crippen molar-refractivity contribution in [1.29, 1.82) is 0 Å². The Hall–Kier alpha value is -5.29. The van der Waals surface area contributed by atoms with Crippen LogP contribution in [0, 0.1) is 12.8 Å². The van der Waals surface area contributed by atoms with Crippen molar-refractivity contribution in [2.45, 2.75) is 38.8 Å². The maximum absolute atomic E-state index is 13.8. The predicted molar refractivity (Wildman–Crippen MR) is 205 cm³/mol. The molecule has 0 amide bonds. The van der Waals surface area contributed by atoms with Gasteiger partial charge in [0.2, 0.25) is 0 Å². The normalized spacial score (nSPS) is 16.3. The van der Waals surface area contributed by atoms with Gasteiger partial charge >= 0.3 is 0 Å². The molecular formula is C43H45N3O7. The average Bonchev–Trinajstić information content (AvgIpc) is 3.19. The Balaban J connectivity index is 1.09. The van der Waals surface area contributed by atoms with Crippen LogP contribution in [0.2, 0.25) is 0 Å². The van der Waals surface area contributed by atoms with Crippen molar-refractivity contribution in [1.82, 2.24) is 9.55 Å². The van der Waals surface area contributed by atoms with Crippen LogP contribution in [0.25, 0.3) is 33.4 Å². The molecule has 0 saturated carbocycles. The number of carbonyl (C=O) groups is 1. The lowest BCUT2D eigenvalue weighted by atomic mass is 9.96. The number of carbonyl (C=O) groups excluding carboxylic acids is 1. The van der Waals surface area contributed by atoms with E-state index < -0.39 is 0 Å². The number of benzene rings is 3. The third-order valence-electron chi connectivity index (χ3n) is 9.91. The Kier molecular flexibility index (Phi) is 11.3. The summed E-state index contributed by atoms with van der Waals surface area (Å²) in [5, 5.41) is 0. The SMILES string of the molecule is COc1cc(-c2cnc(N)c(-c3ccc(CC(=O)c4cn(CC5CCOCC5)cc(-c5ccc(C)cc5)c4=O)cc3)c2)ccc1OC[C@H]1COCCO1. The van der Waals surface area contributed by atoms with E-state index in [0.717, 1.165) is 71.5 Å². The third kappa shape index (κ3) is 8.68. The van der Waals surface area contributed by atoms with Gasteiger partial charge in [-0.3, -0.25) is 9.59 Å². The smallest absolute Gasteiger partial charge is 0.200 e. The quantitative estimate of drug-likeness (QED) is 0.139. The van der Waals surface area contributed by atoms with Gasteiger partial charge in [-0.05, 0) is 66.1 Å². The minimum atomic E-state index is -0.251. The Labute approximate surface area is 309 Å². The standard InChI is InChI=1S/C43H45N3O7/c1-28-3-7-32(8-4-28)37-24-46(23-30-13-15-50-16-14-30)25-38(42(37)48)39(47)19-29-5-9-31(10-6-29)36-20-34(22-45-43(36)44)33-11-12-40(41(21-33)49-2)53-27-35-26-51-17-18-52-35/h3-12,20-22,24-25,30,35H,13-19,23,26-27H2,1-2H3,(H2,44,45)/t35-/m1/s1. The molecule has 2 aromatic heterocycles. The number of pyridine rings is 2. The first-order valence-corrected chi connectivity index (χ1v) is 18.1. The fourth-order valence-corrected chi connectivity index (χ4v) is 6.83. The Bertz CT molecular complexity index is 2100. The number of nitrogens with zero attached hydrogens (tertiary/aromatic N) is 2. The van der Waals surface area contributed by atoms with Crippen molar-refractivity contribution < 1.29 is 28.5 Å². The molecular weight excluding hydrogens is 670 g/mol. The molecule has 4 heterocycles. The maximum Gasteiger partial charge on any atom is 0.200 e. The zero-order valence-electron chi connectivity index (χ0n) is 30.2. The number of nitrogens with two attached hydrogens (primary N) is 1. The molecule has 3 aromatic carbocycles. The number of ether oxygens (including phenoxy) is 5. The van der Waals surface area contributed by atoms with Gasteiger partial charge in [-0.1, -0.05) is 60.2 Å². The lowest BCUT2D eigenvalue weighted by Gasteiger charge is -2.23. The number of rotatable bonds is 12. The molecule has 0 radical (unpaired) electrons. The highest BCUT2D eigenvalue weighted by Crippen LogP contribution is 2.35. The summed E-state index contributed by atoms with van der Waals surface area (Å²) in [5.41, 5.74) is 12.9. The van der Waals surface area contributed by atoms with Crippen molar-refractivity contribution in [3.63, 3.8) is 0 Å². The molecule has 5 aromatic rings. The third-order valence-corrected chi connectivity index (χ3v) is 9.91. The molecule has 0 unspecified atom stereocenters. The number of Topliss-reactive ketones (excluding diaryl/α,β-unsaturated/α-hetero) is 1. The van der Waals surface area contributed by atoms with Crippen LogP contribution in [0.15, 0.2) is 96.2 Å². The number of hydrogen-bond acceptors (Lipinski definition) is 9. The van der Waals surface area contributed by atoms with E-state index in [1.807, 2.05) is 90.5 Å². The molecule has 0 bridgehead atoms. The Morgan fingerprint density at radius 3 is 2.32 bits per heavy atom. The zero-order chi connectivity index (χ0) is 36.7. The van der Waals surface area contributed by atoms with Crippen LogP contribution in [-0.2, 0) is 27.2 Å². The number of aromatic nitrogens is 2. The number of methoxy groups -OCH3 is 1. The summed E-state index contributed by atoms with van der Waals surface area (Å²) in [6.45, 7) is 6.21. The molecule has 2 saturated heterocycles. The first-order chi connectivity index (χ1) is 25.8. The lowest BCUT2D eigenvalue weighted by molar-refractivity contribution is -0.101. The summed E-state index contributed by atoms with van der Waals surface area (Å²) in [5.74, 6) is 1.79. The lowest BCUT2D eigenvalue weighted by Crippen LogP contribution is -2.33. The van der Waals surface area contributed by atoms with Gasteiger partial charge in [0.25, 0.3) is 0 Å². The molecule has 2 aliphatic heterocycles. The summed E-state index contributed by atoms with van der Waals surface area (Å²) in [6.07, 6.45) is 7.22. The molecule has 2 fully saturated rings. The van der Waals surface area contributed by atoms with Gasteiger partial charge in [-0.15, -0.1) is 0 Å². The molecule has 10 nitrogen and oxygen atoms in total. The summed E-state index contributed by atoms with van der Waals surface area (Å²) < 4.78 is 30.4. The molecule has 7 rings (SSSR count). The summed E-state index contributed by atoms with van der Waals surface area (Å²) in [6, 6.07) is 23.2. The van der Waals surface area contributed by atoms with E-state index >= 15 is 0 Å². The summed E-state index contributed by atoms with van der Waals surface area (Å²) >= 11 is 0. The average molecular weight is 716 g/mol. The van der Waals surface area contributed by atoms with Crippen molar-refractivity contribution in [3.05, 3.63) is 118 Å². The van der Waals surface area contributed by atoms with Gasteiger partial charge in [-0.2, -0.15) is 0 Å². The highest BCUT2D eigenvalue weighted by atomic mass is 16.6. The van der Waals surface area contributed by atoms with Crippen molar-refractivity contribution in [2.24, 2.45) is 5.92 Å². The van der Waals surface area contributed by atoms with E-state index in [0.29, 0.717) is 55.2 Å². The first kappa shape index (κ1) is 36.1. The highest BCUT2D eigenvalue weighted by Gasteiger charge is 2.21. The van der Waals surface area contributed by atoms with Gasteiger partial charge in [0.1, 0.15) is 18.5 Å². The van der Waals surface area contributed by atoms with E-state index in [-0.39, 0.29) is 29.3 Å². The second-order valence-corrected chi connectivity index (χ2v) is 13.7. The van der Waals surface area contributed by atoms with Crippen LogP contribution in [0.4, 0.5) is 5.82 Å². The topological polar surface area (TPSA) is 124 Å². The van der Waals surface area contributed by atoms with E-state index in [1.165, 1.54) is 0 Å². The van der Waals surface area contributed by atoms with Crippen LogP contribution in [0.3, 0.4) is 0 Å². The van der Waals surface area contributed by atoms with Gasteiger partial charge in [0.05, 0.1) is 32.5 Å². The number of ketones is 1. The predicted octanol–water partition coefficient (Wildman–Crippen LogP) is 6.79.